The van der Waals surface area contributed by atoms with E-state index in [4.69, 9.17) is 9.47 Å². The highest BCUT2D eigenvalue weighted by Crippen LogP contribution is 2.31. The van der Waals surface area contributed by atoms with Gasteiger partial charge in [-0.2, -0.15) is 13.2 Å². The van der Waals surface area contributed by atoms with E-state index in [1.807, 2.05) is 0 Å². The van der Waals surface area contributed by atoms with Crippen molar-refractivity contribution >= 4 is 16.8 Å². The number of hydrogen-bond acceptors (Lipinski definition) is 6. The summed E-state index contributed by atoms with van der Waals surface area (Å²) in [6.07, 6.45) is -0.550. The summed E-state index contributed by atoms with van der Waals surface area (Å²) in [7, 11) is 0. The molecule has 1 saturated heterocycles. The van der Waals surface area contributed by atoms with Gasteiger partial charge in [-0.3, -0.25) is 9.78 Å². The van der Waals surface area contributed by atoms with Gasteiger partial charge in [0.15, 0.2) is 5.67 Å². The zero-order chi connectivity index (χ0) is 26.0. The van der Waals surface area contributed by atoms with Crippen LogP contribution in [0.3, 0.4) is 0 Å². The van der Waals surface area contributed by atoms with Gasteiger partial charge >= 0.3 is 6.18 Å². The number of carbonyl (C=O) groups is 1. The summed E-state index contributed by atoms with van der Waals surface area (Å²) in [5.74, 6) is 0.411. The van der Waals surface area contributed by atoms with Crippen LogP contribution in [0.25, 0.3) is 10.9 Å². The van der Waals surface area contributed by atoms with Crippen LogP contribution in [0.4, 0.5) is 17.6 Å². The maximum atomic E-state index is 15.2. The van der Waals surface area contributed by atoms with Gasteiger partial charge in [0.2, 0.25) is 5.88 Å². The number of ether oxygens (including phenoxy) is 2. The largest absolute Gasteiger partial charge is 0.489 e. The molecule has 0 N–H and O–H groups in total. The Hall–Kier alpha value is -4.28. The molecule has 37 heavy (non-hydrogen) atoms. The molecule has 1 fully saturated rings. The van der Waals surface area contributed by atoms with E-state index >= 15 is 4.39 Å². The molecule has 0 bridgehead atoms. The highest BCUT2D eigenvalue weighted by Gasteiger charge is 2.41. The maximum absolute atomic E-state index is 15.2. The van der Waals surface area contributed by atoms with Crippen molar-refractivity contribution in [1.29, 1.82) is 0 Å². The maximum Gasteiger partial charge on any atom is 0.417 e. The fraction of sp³-hybridized carbons (Fsp3) is 0.231. The van der Waals surface area contributed by atoms with Crippen molar-refractivity contribution in [3.05, 3.63) is 84.4 Å². The lowest BCUT2D eigenvalue weighted by atomic mass is 10.1. The predicted octanol–water partition coefficient (Wildman–Crippen LogP) is 5.47. The van der Waals surface area contributed by atoms with Gasteiger partial charge in [-0.05, 0) is 42.5 Å². The Kier molecular flexibility index (Phi) is 6.36. The fourth-order valence-electron chi connectivity index (χ4n) is 3.95. The summed E-state index contributed by atoms with van der Waals surface area (Å²) in [5.41, 5.74) is -1.88. The van der Waals surface area contributed by atoms with E-state index in [-0.39, 0.29) is 37.7 Å². The first-order valence-electron chi connectivity index (χ1n) is 11.3. The lowest BCUT2D eigenvalue weighted by Crippen LogP contribution is -2.37. The first-order chi connectivity index (χ1) is 17.7. The van der Waals surface area contributed by atoms with Crippen LogP contribution in [0.15, 0.2) is 73.2 Å². The quantitative estimate of drug-likeness (QED) is 0.319. The second-order valence-electron chi connectivity index (χ2n) is 8.64. The average Bonchev–Trinajstić information content (AvgIpc) is 3.29. The highest BCUT2D eigenvalue weighted by molar-refractivity contribution is 5.95. The normalized spacial score (nSPS) is 17.7. The average molecular weight is 512 g/mol. The Morgan fingerprint density at radius 3 is 2.65 bits per heavy atom. The predicted molar refractivity (Wildman–Crippen MR) is 125 cm³/mol. The Morgan fingerprint density at radius 1 is 1.05 bits per heavy atom. The molecule has 1 aliphatic heterocycles. The van der Waals surface area contributed by atoms with Crippen molar-refractivity contribution in [3.63, 3.8) is 0 Å². The van der Waals surface area contributed by atoms with Crippen LogP contribution < -0.4 is 9.47 Å². The Morgan fingerprint density at radius 2 is 1.92 bits per heavy atom. The van der Waals surface area contributed by atoms with E-state index in [9.17, 15) is 18.0 Å². The van der Waals surface area contributed by atoms with Crippen LogP contribution in [0.1, 0.15) is 22.5 Å². The summed E-state index contributed by atoms with van der Waals surface area (Å²) in [6.45, 7) is -0.0682. The molecule has 0 radical (unpaired) electrons. The number of aromatic nitrogens is 3. The lowest BCUT2D eigenvalue weighted by Gasteiger charge is -2.21. The Labute approximate surface area is 208 Å². The van der Waals surface area contributed by atoms with Crippen LogP contribution in [-0.4, -0.2) is 51.1 Å². The molecule has 1 unspecified atom stereocenters. The third kappa shape index (κ3) is 5.60. The molecule has 0 spiro atoms. The number of likely N-dealkylation sites (tertiary alicyclic amines) is 1. The number of pyridine rings is 3. The number of nitrogens with zero attached hydrogens (tertiary/aromatic N) is 4. The van der Waals surface area contributed by atoms with Gasteiger partial charge in [0.1, 0.15) is 23.8 Å². The summed E-state index contributed by atoms with van der Waals surface area (Å²) in [5, 5.41) is 0.645. The van der Waals surface area contributed by atoms with Gasteiger partial charge < -0.3 is 14.4 Å². The molecule has 4 heterocycles. The van der Waals surface area contributed by atoms with Gasteiger partial charge in [-0.1, -0.05) is 6.07 Å². The molecule has 1 atom stereocenters. The number of carbonyl (C=O) groups excluding carboxylic acids is 1. The number of hydrogen-bond donors (Lipinski definition) is 0. The van der Waals surface area contributed by atoms with E-state index in [0.29, 0.717) is 28.6 Å². The molecule has 5 rings (SSSR count). The Bertz CT molecular complexity index is 1420. The van der Waals surface area contributed by atoms with Crippen molar-refractivity contribution < 1.29 is 31.8 Å². The minimum absolute atomic E-state index is 0.00310. The number of amides is 1. The Balaban J connectivity index is 1.24. The molecule has 0 aliphatic carbocycles. The van der Waals surface area contributed by atoms with Crippen LogP contribution in [-0.2, 0) is 6.18 Å². The molecule has 190 valence electrons. The fourth-order valence-corrected chi connectivity index (χ4v) is 3.95. The number of benzene rings is 1. The van der Waals surface area contributed by atoms with Gasteiger partial charge in [0.05, 0.1) is 23.8 Å². The molecule has 4 aromatic rings. The van der Waals surface area contributed by atoms with Gasteiger partial charge in [-0.15, -0.1) is 0 Å². The molecule has 7 nitrogen and oxygen atoms in total. The van der Waals surface area contributed by atoms with Crippen LogP contribution >= 0.6 is 0 Å². The highest BCUT2D eigenvalue weighted by atomic mass is 19.4. The van der Waals surface area contributed by atoms with Gasteiger partial charge in [-0.25, -0.2) is 14.4 Å². The van der Waals surface area contributed by atoms with Crippen LogP contribution in [0.5, 0.6) is 17.4 Å². The van der Waals surface area contributed by atoms with Crippen molar-refractivity contribution in [2.24, 2.45) is 0 Å². The summed E-state index contributed by atoms with van der Waals surface area (Å²) in [4.78, 5) is 26.4. The van der Waals surface area contributed by atoms with E-state index in [2.05, 4.69) is 15.0 Å². The summed E-state index contributed by atoms with van der Waals surface area (Å²) < 4.78 is 64.4. The smallest absolute Gasteiger partial charge is 0.417 e. The number of alkyl halides is 4. The van der Waals surface area contributed by atoms with E-state index in [1.165, 1.54) is 17.2 Å². The van der Waals surface area contributed by atoms with Crippen molar-refractivity contribution in [1.82, 2.24) is 19.9 Å². The molecular formula is C26H20F4N4O3. The third-order valence-corrected chi connectivity index (χ3v) is 5.89. The minimum atomic E-state index is -4.48. The molecule has 1 aromatic carbocycles. The summed E-state index contributed by atoms with van der Waals surface area (Å²) >= 11 is 0. The molecule has 1 amide bonds. The topological polar surface area (TPSA) is 77.4 Å². The van der Waals surface area contributed by atoms with Gasteiger partial charge in [0, 0.05) is 36.8 Å². The first kappa shape index (κ1) is 24.4. The minimum Gasteiger partial charge on any atom is -0.489 e. The molecule has 3 aromatic heterocycles. The summed E-state index contributed by atoms with van der Waals surface area (Å²) in [6, 6.07) is 13.4. The van der Waals surface area contributed by atoms with Crippen LogP contribution in [0.2, 0.25) is 0 Å². The number of halogens is 4. The van der Waals surface area contributed by atoms with Crippen molar-refractivity contribution in [3.8, 4) is 17.4 Å². The van der Waals surface area contributed by atoms with Crippen molar-refractivity contribution in [2.75, 3.05) is 19.7 Å². The second kappa shape index (κ2) is 9.64. The van der Waals surface area contributed by atoms with Crippen LogP contribution in [0, 0.1) is 0 Å². The second-order valence-corrected chi connectivity index (χ2v) is 8.64. The number of fused-ring (bicyclic) bond motifs is 1. The monoisotopic (exact) mass is 512 g/mol. The SMILES string of the molecule is O=C(c1ccc2cc(Oc3ccc(C(F)(F)F)cn3)ccc2n1)N1CCC(F)(COc2cccnc2)C1. The third-order valence-electron chi connectivity index (χ3n) is 5.89. The molecule has 11 heteroatoms. The zero-order valence-corrected chi connectivity index (χ0v) is 19.3. The van der Waals surface area contributed by atoms with E-state index in [1.54, 1.807) is 42.6 Å². The molecule has 0 saturated carbocycles. The lowest BCUT2D eigenvalue weighted by molar-refractivity contribution is -0.137. The van der Waals surface area contributed by atoms with E-state index < -0.39 is 23.3 Å². The van der Waals surface area contributed by atoms with Gasteiger partial charge in [0.25, 0.3) is 5.91 Å². The standard InChI is InChI=1S/C26H20F4N4O3/c27-25(16-36-20-2-1-10-31-14-20)9-11-34(15-25)24(35)22-6-3-17-12-19(5-7-21(17)33-22)37-23-8-4-18(13-32-23)26(28,29)30/h1-8,10,12-14H,9,11,15-16H2. The zero-order valence-electron chi connectivity index (χ0n) is 19.3. The molecule has 1 aliphatic rings. The first-order valence-corrected chi connectivity index (χ1v) is 11.3. The van der Waals surface area contributed by atoms with E-state index in [0.717, 1.165) is 12.1 Å². The number of rotatable bonds is 6. The van der Waals surface area contributed by atoms with Crippen molar-refractivity contribution in [2.45, 2.75) is 18.3 Å². The molecular weight excluding hydrogens is 492 g/mol.